The van der Waals surface area contributed by atoms with E-state index in [2.05, 4.69) is 20.8 Å². The normalized spacial score (nSPS) is 12.7. The zero-order valence-electron chi connectivity index (χ0n) is 30.6. The van der Waals surface area contributed by atoms with Crippen molar-refractivity contribution in [3.05, 3.63) is 0 Å². The number of carbonyl (C=O) groups is 2. The maximum absolute atomic E-state index is 12.2. The van der Waals surface area contributed by atoms with Crippen molar-refractivity contribution in [2.24, 2.45) is 5.92 Å². The standard InChI is InChI=1S/C40H78O5/c1-4-6-7-8-9-10-11-12-13-14-15-16-17-18-19-20-25-28-31-34-40(43)45-38(35-41)36-44-39(42)33-30-27-24-22-21-23-26-29-32-37(3)5-2/h37-38,41H,4-36H2,1-3H3/t37?,38-/m0/s1. The zero-order chi connectivity index (χ0) is 33.1. The second kappa shape index (κ2) is 35.7. The molecule has 0 saturated carbocycles. The predicted molar refractivity (Wildman–Crippen MR) is 192 cm³/mol. The van der Waals surface area contributed by atoms with Gasteiger partial charge in [-0.2, -0.15) is 0 Å². The van der Waals surface area contributed by atoms with Gasteiger partial charge in [0.25, 0.3) is 0 Å². The van der Waals surface area contributed by atoms with Crippen molar-refractivity contribution in [3.63, 3.8) is 0 Å². The van der Waals surface area contributed by atoms with Gasteiger partial charge in [0.1, 0.15) is 6.61 Å². The van der Waals surface area contributed by atoms with E-state index in [1.54, 1.807) is 0 Å². The molecule has 0 aromatic heterocycles. The molecule has 0 aromatic rings. The molecule has 0 aliphatic heterocycles. The molecule has 1 unspecified atom stereocenters. The highest BCUT2D eigenvalue weighted by Gasteiger charge is 2.16. The maximum atomic E-state index is 12.2. The van der Waals surface area contributed by atoms with Gasteiger partial charge in [-0.1, -0.05) is 194 Å². The van der Waals surface area contributed by atoms with Crippen LogP contribution in [0.3, 0.4) is 0 Å². The number of hydrogen-bond donors (Lipinski definition) is 1. The highest BCUT2D eigenvalue weighted by atomic mass is 16.6. The Morgan fingerprint density at radius 1 is 0.511 bits per heavy atom. The van der Waals surface area contributed by atoms with Gasteiger partial charge in [-0.25, -0.2) is 0 Å². The number of esters is 2. The van der Waals surface area contributed by atoms with Gasteiger partial charge >= 0.3 is 11.9 Å². The molecule has 0 spiro atoms. The molecule has 2 atom stereocenters. The summed E-state index contributed by atoms with van der Waals surface area (Å²) in [6.45, 7) is 6.51. The molecule has 5 nitrogen and oxygen atoms in total. The molecule has 0 amide bonds. The van der Waals surface area contributed by atoms with Crippen LogP contribution in [-0.2, 0) is 19.1 Å². The van der Waals surface area contributed by atoms with Gasteiger partial charge in [0.2, 0.25) is 0 Å². The van der Waals surface area contributed by atoms with E-state index in [0.717, 1.165) is 44.4 Å². The van der Waals surface area contributed by atoms with E-state index in [-0.39, 0.29) is 25.2 Å². The molecule has 0 fully saturated rings. The minimum absolute atomic E-state index is 0.0586. The van der Waals surface area contributed by atoms with Crippen LogP contribution in [0.2, 0.25) is 0 Å². The fourth-order valence-electron chi connectivity index (χ4n) is 6.00. The number of aliphatic hydroxyl groups excluding tert-OH is 1. The van der Waals surface area contributed by atoms with E-state index < -0.39 is 6.10 Å². The molecule has 0 aliphatic carbocycles. The summed E-state index contributed by atoms with van der Waals surface area (Å²) in [6.07, 6.45) is 37.3. The lowest BCUT2D eigenvalue weighted by molar-refractivity contribution is -0.161. The molecule has 0 radical (unpaired) electrons. The fraction of sp³-hybridized carbons (Fsp3) is 0.950. The van der Waals surface area contributed by atoms with Gasteiger partial charge in [0.05, 0.1) is 6.61 Å². The van der Waals surface area contributed by atoms with Crippen LogP contribution in [0, 0.1) is 5.92 Å². The first-order valence-corrected chi connectivity index (χ1v) is 20.0. The van der Waals surface area contributed by atoms with Gasteiger partial charge < -0.3 is 14.6 Å². The number of hydrogen-bond acceptors (Lipinski definition) is 5. The first-order chi connectivity index (χ1) is 22.0. The van der Waals surface area contributed by atoms with Crippen molar-refractivity contribution in [1.82, 2.24) is 0 Å². The van der Waals surface area contributed by atoms with Crippen LogP contribution in [0.1, 0.15) is 220 Å². The van der Waals surface area contributed by atoms with E-state index in [0.29, 0.717) is 12.8 Å². The average Bonchev–Trinajstić information content (AvgIpc) is 3.04. The van der Waals surface area contributed by atoms with Gasteiger partial charge in [-0.15, -0.1) is 0 Å². The molecule has 45 heavy (non-hydrogen) atoms. The van der Waals surface area contributed by atoms with E-state index in [1.807, 2.05) is 0 Å². The highest BCUT2D eigenvalue weighted by Crippen LogP contribution is 2.17. The van der Waals surface area contributed by atoms with Gasteiger partial charge in [0, 0.05) is 12.8 Å². The number of aliphatic hydroxyl groups is 1. The third kappa shape index (κ3) is 34.1. The van der Waals surface area contributed by atoms with Crippen LogP contribution in [0.15, 0.2) is 0 Å². The van der Waals surface area contributed by atoms with Crippen molar-refractivity contribution in [2.75, 3.05) is 13.2 Å². The average molecular weight is 639 g/mol. The van der Waals surface area contributed by atoms with Crippen LogP contribution in [0.25, 0.3) is 0 Å². The van der Waals surface area contributed by atoms with Crippen LogP contribution in [-0.4, -0.2) is 36.4 Å². The summed E-state index contributed by atoms with van der Waals surface area (Å²) >= 11 is 0. The Labute approximate surface area is 280 Å². The van der Waals surface area contributed by atoms with Crippen molar-refractivity contribution in [3.8, 4) is 0 Å². The molecule has 1 N–H and O–H groups in total. The smallest absolute Gasteiger partial charge is 0.306 e. The van der Waals surface area contributed by atoms with Crippen LogP contribution < -0.4 is 0 Å². The lowest BCUT2D eigenvalue weighted by Crippen LogP contribution is -2.28. The monoisotopic (exact) mass is 639 g/mol. The molecule has 0 heterocycles. The lowest BCUT2D eigenvalue weighted by atomic mass is 9.99. The third-order valence-corrected chi connectivity index (χ3v) is 9.44. The van der Waals surface area contributed by atoms with Gasteiger partial charge in [-0.05, 0) is 18.8 Å². The molecule has 0 aliphatic rings. The Morgan fingerprint density at radius 2 is 0.867 bits per heavy atom. The number of carbonyl (C=O) groups excluding carboxylic acids is 2. The Kier molecular flexibility index (Phi) is 34.9. The summed E-state index contributed by atoms with van der Waals surface area (Å²) in [7, 11) is 0. The number of ether oxygens (including phenoxy) is 2. The highest BCUT2D eigenvalue weighted by molar-refractivity contribution is 5.70. The summed E-state index contributed by atoms with van der Waals surface area (Å²) in [4.78, 5) is 24.2. The Bertz CT molecular complexity index is 622. The zero-order valence-corrected chi connectivity index (χ0v) is 30.6. The first-order valence-electron chi connectivity index (χ1n) is 20.0. The summed E-state index contributed by atoms with van der Waals surface area (Å²) < 4.78 is 10.6. The largest absolute Gasteiger partial charge is 0.462 e. The van der Waals surface area contributed by atoms with E-state index in [1.165, 1.54) is 148 Å². The first kappa shape index (κ1) is 43.9. The molecular weight excluding hydrogens is 560 g/mol. The van der Waals surface area contributed by atoms with Crippen molar-refractivity contribution < 1.29 is 24.2 Å². The molecule has 0 bridgehead atoms. The fourth-order valence-corrected chi connectivity index (χ4v) is 6.00. The number of unbranched alkanes of at least 4 members (excludes halogenated alkanes) is 25. The lowest BCUT2D eigenvalue weighted by Gasteiger charge is -2.15. The van der Waals surface area contributed by atoms with Crippen LogP contribution in [0.5, 0.6) is 0 Å². The van der Waals surface area contributed by atoms with E-state index in [4.69, 9.17) is 9.47 Å². The minimum atomic E-state index is -0.762. The van der Waals surface area contributed by atoms with Crippen molar-refractivity contribution >= 4 is 11.9 Å². The molecule has 268 valence electrons. The Balaban J connectivity index is 3.49. The minimum Gasteiger partial charge on any atom is -0.462 e. The molecule has 0 rings (SSSR count). The Morgan fingerprint density at radius 3 is 1.24 bits per heavy atom. The quantitative estimate of drug-likeness (QED) is 0.0546. The van der Waals surface area contributed by atoms with Crippen LogP contribution in [0.4, 0.5) is 0 Å². The van der Waals surface area contributed by atoms with E-state index >= 15 is 0 Å². The van der Waals surface area contributed by atoms with Crippen molar-refractivity contribution in [1.29, 1.82) is 0 Å². The second-order valence-corrected chi connectivity index (χ2v) is 14.0. The number of rotatable bonds is 36. The maximum Gasteiger partial charge on any atom is 0.306 e. The predicted octanol–water partition coefficient (Wildman–Crippen LogP) is 12.2. The van der Waals surface area contributed by atoms with Gasteiger partial charge in [0.15, 0.2) is 6.10 Å². The molecule has 0 saturated heterocycles. The molecule has 5 heteroatoms. The SMILES string of the molecule is CCCCCCCCCCCCCCCCCCCCCC(=O)O[C@@H](CO)COC(=O)CCCCCCCCCCC(C)CC. The van der Waals surface area contributed by atoms with Crippen LogP contribution >= 0.6 is 0 Å². The van der Waals surface area contributed by atoms with Crippen molar-refractivity contribution in [2.45, 2.75) is 226 Å². The Hall–Kier alpha value is -1.10. The molecular formula is C40H78O5. The van der Waals surface area contributed by atoms with E-state index in [9.17, 15) is 14.7 Å². The van der Waals surface area contributed by atoms with Gasteiger partial charge in [-0.3, -0.25) is 9.59 Å². The summed E-state index contributed by atoms with van der Waals surface area (Å²) in [5.41, 5.74) is 0. The second-order valence-electron chi connectivity index (χ2n) is 14.0. The third-order valence-electron chi connectivity index (χ3n) is 9.44. The molecule has 0 aromatic carbocycles. The summed E-state index contributed by atoms with van der Waals surface area (Å²) in [5, 5.41) is 9.54. The topological polar surface area (TPSA) is 72.8 Å². The summed E-state index contributed by atoms with van der Waals surface area (Å²) in [5.74, 6) is 0.281. The summed E-state index contributed by atoms with van der Waals surface area (Å²) in [6, 6.07) is 0.